The van der Waals surface area contributed by atoms with Gasteiger partial charge in [-0.3, -0.25) is 4.68 Å². The number of nitrogens with two attached hydrogens (primary N) is 1. The minimum atomic E-state index is 0.188. The molecular formula is C7H9N5O. The van der Waals surface area contributed by atoms with Crippen molar-refractivity contribution in [2.45, 2.75) is 0 Å². The molecule has 0 aromatic carbocycles. The van der Waals surface area contributed by atoms with Gasteiger partial charge in [0.15, 0.2) is 5.65 Å². The largest absolute Gasteiger partial charge is 0.480 e. The predicted molar refractivity (Wildman–Crippen MR) is 47.3 cm³/mol. The third-order valence-corrected chi connectivity index (χ3v) is 1.77. The van der Waals surface area contributed by atoms with Gasteiger partial charge in [-0.05, 0) is 0 Å². The average Bonchev–Trinajstić information content (AvgIpc) is 2.47. The van der Waals surface area contributed by atoms with E-state index >= 15 is 0 Å². The Balaban J connectivity index is 2.84. The summed E-state index contributed by atoms with van der Waals surface area (Å²) in [6, 6.07) is 0. The van der Waals surface area contributed by atoms with Crippen molar-refractivity contribution < 1.29 is 4.74 Å². The van der Waals surface area contributed by atoms with Gasteiger partial charge in [-0.2, -0.15) is 15.1 Å². The second-order valence-corrected chi connectivity index (χ2v) is 2.60. The monoisotopic (exact) mass is 179 g/mol. The van der Waals surface area contributed by atoms with Crippen LogP contribution in [-0.4, -0.2) is 26.9 Å². The van der Waals surface area contributed by atoms with Gasteiger partial charge in [0.05, 0.1) is 13.3 Å². The van der Waals surface area contributed by atoms with Crippen molar-refractivity contribution in [2.24, 2.45) is 7.05 Å². The maximum absolute atomic E-state index is 5.48. The van der Waals surface area contributed by atoms with Crippen LogP contribution in [0.5, 0.6) is 5.88 Å². The number of nitrogen functional groups attached to an aromatic ring is 1. The topological polar surface area (TPSA) is 78.8 Å². The van der Waals surface area contributed by atoms with Crippen LogP contribution >= 0.6 is 0 Å². The van der Waals surface area contributed by atoms with E-state index in [0.717, 1.165) is 5.39 Å². The highest BCUT2D eigenvalue weighted by Crippen LogP contribution is 2.21. The van der Waals surface area contributed by atoms with E-state index < -0.39 is 0 Å². The van der Waals surface area contributed by atoms with Crippen molar-refractivity contribution in [2.75, 3.05) is 12.8 Å². The second kappa shape index (κ2) is 2.58. The van der Waals surface area contributed by atoms with Crippen LogP contribution in [-0.2, 0) is 7.05 Å². The van der Waals surface area contributed by atoms with Crippen molar-refractivity contribution in [1.82, 2.24) is 19.7 Å². The van der Waals surface area contributed by atoms with Gasteiger partial charge in [0.1, 0.15) is 5.39 Å². The maximum Gasteiger partial charge on any atom is 0.229 e. The maximum atomic E-state index is 5.48. The number of ether oxygens (including phenoxy) is 1. The molecule has 0 amide bonds. The van der Waals surface area contributed by atoms with Crippen LogP contribution in [0.15, 0.2) is 6.20 Å². The van der Waals surface area contributed by atoms with E-state index in [0.29, 0.717) is 11.5 Å². The standard InChI is InChI=1S/C7H9N5O/c1-12-5-4(3-9-12)6(13-2)11-7(8)10-5/h3H,1-2H3,(H2,8,10,11). The van der Waals surface area contributed by atoms with Gasteiger partial charge in [-0.25, -0.2) is 0 Å². The number of hydrogen-bond acceptors (Lipinski definition) is 5. The van der Waals surface area contributed by atoms with Crippen LogP contribution in [0.3, 0.4) is 0 Å². The molecule has 6 heteroatoms. The molecule has 2 aromatic rings. The van der Waals surface area contributed by atoms with Crippen molar-refractivity contribution >= 4 is 17.0 Å². The summed E-state index contributed by atoms with van der Waals surface area (Å²) in [5.74, 6) is 0.642. The number of aryl methyl sites for hydroxylation is 1. The Bertz CT molecular complexity index is 449. The summed E-state index contributed by atoms with van der Waals surface area (Å²) in [6.45, 7) is 0. The van der Waals surface area contributed by atoms with Gasteiger partial charge in [0.25, 0.3) is 0 Å². The second-order valence-electron chi connectivity index (χ2n) is 2.60. The Morgan fingerprint density at radius 3 is 2.92 bits per heavy atom. The van der Waals surface area contributed by atoms with Gasteiger partial charge >= 0.3 is 0 Å². The van der Waals surface area contributed by atoms with E-state index in [9.17, 15) is 0 Å². The van der Waals surface area contributed by atoms with Gasteiger partial charge in [0, 0.05) is 7.05 Å². The number of anilines is 1. The number of methoxy groups -OCH3 is 1. The molecule has 2 heterocycles. The van der Waals surface area contributed by atoms with Crippen molar-refractivity contribution in [3.8, 4) is 5.88 Å². The normalized spacial score (nSPS) is 10.6. The lowest BCUT2D eigenvalue weighted by molar-refractivity contribution is 0.403. The first kappa shape index (κ1) is 7.78. The molecule has 2 rings (SSSR count). The number of hydrogen-bond donors (Lipinski definition) is 1. The summed E-state index contributed by atoms with van der Waals surface area (Å²) in [5, 5.41) is 4.79. The SMILES string of the molecule is COc1nc(N)nc2c1cnn2C. The quantitative estimate of drug-likeness (QED) is 0.664. The van der Waals surface area contributed by atoms with Crippen LogP contribution in [0.1, 0.15) is 0 Å². The highest BCUT2D eigenvalue weighted by atomic mass is 16.5. The first-order valence-electron chi connectivity index (χ1n) is 3.71. The van der Waals surface area contributed by atoms with Crippen LogP contribution in [0, 0.1) is 0 Å². The lowest BCUT2D eigenvalue weighted by atomic mass is 10.4. The Kier molecular flexibility index (Phi) is 1.54. The summed E-state index contributed by atoms with van der Waals surface area (Å²) in [4.78, 5) is 7.96. The summed E-state index contributed by atoms with van der Waals surface area (Å²) >= 11 is 0. The first-order chi connectivity index (χ1) is 6.22. The Hall–Kier alpha value is -1.85. The van der Waals surface area contributed by atoms with Gasteiger partial charge in [-0.15, -0.1) is 0 Å². The molecule has 0 unspecified atom stereocenters. The summed E-state index contributed by atoms with van der Waals surface area (Å²) in [6.07, 6.45) is 1.65. The fraction of sp³-hybridized carbons (Fsp3) is 0.286. The van der Waals surface area contributed by atoms with E-state index in [1.165, 1.54) is 7.11 Å². The molecule has 0 fully saturated rings. The van der Waals surface area contributed by atoms with Crippen LogP contribution in [0.4, 0.5) is 5.95 Å². The molecule has 68 valence electrons. The van der Waals surface area contributed by atoms with E-state index in [4.69, 9.17) is 10.5 Å². The predicted octanol–water partition coefficient (Wildman–Crippen LogP) is -0.0459. The van der Waals surface area contributed by atoms with Gasteiger partial charge in [-0.1, -0.05) is 0 Å². The van der Waals surface area contributed by atoms with Gasteiger partial charge in [0.2, 0.25) is 11.8 Å². The zero-order chi connectivity index (χ0) is 9.42. The molecule has 0 spiro atoms. The summed E-state index contributed by atoms with van der Waals surface area (Å²) < 4.78 is 6.66. The van der Waals surface area contributed by atoms with Gasteiger partial charge < -0.3 is 10.5 Å². The summed E-state index contributed by atoms with van der Waals surface area (Å²) in [7, 11) is 3.32. The lowest BCUT2D eigenvalue weighted by Gasteiger charge is -2.00. The molecule has 0 saturated heterocycles. The van der Waals surface area contributed by atoms with Crippen LogP contribution < -0.4 is 10.5 Å². The number of aromatic nitrogens is 4. The highest BCUT2D eigenvalue weighted by Gasteiger charge is 2.09. The van der Waals surface area contributed by atoms with Crippen LogP contribution in [0.2, 0.25) is 0 Å². The molecule has 0 aliphatic heterocycles. The van der Waals surface area contributed by atoms with E-state index in [1.54, 1.807) is 17.9 Å². The molecule has 0 aliphatic rings. The molecule has 2 aromatic heterocycles. The van der Waals surface area contributed by atoms with Crippen molar-refractivity contribution in [3.63, 3.8) is 0 Å². The fourth-order valence-corrected chi connectivity index (χ4v) is 1.17. The number of rotatable bonds is 1. The van der Waals surface area contributed by atoms with Crippen molar-refractivity contribution in [3.05, 3.63) is 6.20 Å². The summed E-state index contributed by atoms with van der Waals surface area (Å²) in [5.41, 5.74) is 6.16. The molecule has 13 heavy (non-hydrogen) atoms. The molecular weight excluding hydrogens is 170 g/mol. The first-order valence-corrected chi connectivity index (χ1v) is 3.71. The lowest BCUT2D eigenvalue weighted by Crippen LogP contribution is -2.00. The highest BCUT2D eigenvalue weighted by molar-refractivity contribution is 5.80. The molecule has 0 bridgehead atoms. The molecule has 6 nitrogen and oxygen atoms in total. The van der Waals surface area contributed by atoms with E-state index in [1.807, 2.05) is 0 Å². The molecule has 0 atom stereocenters. The smallest absolute Gasteiger partial charge is 0.229 e. The third kappa shape index (κ3) is 1.07. The zero-order valence-corrected chi connectivity index (χ0v) is 7.35. The fourth-order valence-electron chi connectivity index (χ4n) is 1.17. The third-order valence-electron chi connectivity index (χ3n) is 1.77. The minimum absolute atomic E-state index is 0.188. The van der Waals surface area contributed by atoms with Crippen LogP contribution in [0.25, 0.3) is 11.0 Å². The number of fused-ring (bicyclic) bond motifs is 1. The Morgan fingerprint density at radius 2 is 2.23 bits per heavy atom. The minimum Gasteiger partial charge on any atom is -0.480 e. The Labute approximate surface area is 74.3 Å². The number of nitrogens with zero attached hydrogens (tertiary/aromatic N) is 4. The molecule has 0 saturated carbocycles. The Morgan fingerprint density at radius 1 is 1.46 bits per heavy atom. The molecule has 0 aliphatic carbocycles. The molecule has 2 N–H and O–H groups in total. The van der Waals surface area contributed by atoms with E-state index in [2.05, 4.69) is 15.1 Å². The van der Waals surface area contributed by atoms with Crippen molar-refractivity contribution in [1.29, 1.82) is 0 Å². The molecule has 0 radical (unpaired) electrons. The zero-order valence-electron chi connectivity index (χ0n) is 7.35. The average molecular weight is 179 g/mol. The van der Waals surface area contributed by atoms with E-state index in [-0.39, 0.29) is 5.95 Å².